The van der Waals surface area contributed by atoms with Gasteiger partial charge in [0, 0.05) is 5.56 Å². The lowest BCUT2D eigenvalue weighted by Gasteiger charge is -2.09. The van der Waals surface area contributed by atoms with Crippen LogP contribution in [0, 0.1) is 69.7 Å². The Balaban J connectivity index is 1.50. The van der Waals surface area contributed by atoms with Gasteiger partial charge in [-0.05, 0) is 12.1 Å². The number of nitriles is 3. The van der Waals surface area contributed by atoms with E-state index in [1.54, 1.807) is 12.1 Å². The van der Waals surface area contributed by atoms with Gasteiger partial charge < -0.3 is 0 Å². The smallest absolute Gasteiger partial charge is 0.246 e. The molecule has 0 aliphatic carbocycles. The van der Waals surface area contributed by atoms with E-state index < -0.39 is 103 Å². The molecule has 0 amide bonds. The molecule has 0 saturated heterocycles. The van der Waals surface area contributed by atoms with Crippen LogP contribution in [0.3, 0.4) is 0 Å². The predicted molar refractivity (Wildman–Crippen MR) is 135 cm³/mol. The van der Waals surface area contributed by atoms with E-state index in [-0.39, 0.29) is 17.0 Å². The number of aromatic nitrogens is 7. The largest absolute Gasteiger partial charge is 0.270 e. The average molecular weight is 652 g/mol. The molecule has 0 spiro atoms. The van der Waals surface area contributed by atoms with Gasteiger partial charge in [-0.1, -0.05) is 0 Å². The number of allylic oxidation sites excluding steroid dienone is 3. The quantitative estimate of drug-likeness (QED) is 0.188. The van der Waals surface area contributed by atoms with Crippen LogP contribution in [0.5, 0.6) is 0 Å². The molecule has 0 atom stereocenters. The molecule has 7 heterocycles. The Hall–Kier alpha value is -7.54. The van der Waals surface area contributed by atoms with Crippen LogP contribution in [0.15, 0.2) is 59.6 Å². The van der Waals surface area contributed by atoms with Gasteiger partial charge in [0.25, 0.3) is 35.7 Å². The fraction of sp³-hybridized carbons (Fsp3) is 0. The van der Waals surface area contributed by atoms with E-state index in [4.69, 9.17) is 0 Å². The van der Waals surface area contributed by atoms with Crippen molar-refractivity contribution < 1.29 is 26.3 Å². The van der Waals surface area contributed by atoms with Crippen molar-refractivity contribution in [1.82, 2.24) is 34.9 Å². The summed E-state index contributed by atoms with van der Waals surface area (Å²) in [5.41, 5.74) is -5.15. The molecule has 3 aliphatic rings. The first-order valence-electron chi connectivity index (χ1n) is 12.5. The fourth-order valence-corrected chi connectivity index (χ4v) is 4.22. The number of halogens is 6. The molecule has 48 heavy (non-hydrogen) atoms. The number of fused-ring (bicyclic) bond motifs is 3. The van der Waals surface area contributed by atoms with E-state index in [1.807, 2.05) is 6.07 Å². The summed E-state index contributed by atoms with van der Waals surface area (Å²) in [6, 6.07) is 7.57. The molecule has 3 aliphatic heterocycles. The molecule has 4 aromatic rings. The second-order valence-corrected chi connectivity index (χ2v) is 9.09. The van der Waals surface area contributed by atoms with E-state index in [9.17, 15) is 42.1 Å². The normalized spacial score (nSPS) is 13.2. The van der Waals surface area contributed by atoms with E-state index in [2.05, 4.69) is 64.8 Å². The molecule has 16 nitrogen and oxygen atoms in total. The summed E-state index contributed by atoms with van der Waals surface area (Å²) >= 11 is 0. The van der Waals surface area contributed by atoms with E-state index in [0.717, 1.165) is 12.1 Å². The van der Waals surface area contributed by atoms with E-state index >= 15 is 0 Å². The summed E-state index contributed by atoms with van der Waals surface area (Å²) < 4.78 is 82.2. The van der Waals surface area contributed by atoms with Crippen molar-refractivity contribution in [3.05, 3.63) is 115 Å². The van der Waals surface area contributed by atoms with Crippen molar-refractivity contribution in [3.8, 4) is 18.2 Å². The van der Waals surface area contributed by atoms with Gasteiger partial charge in [-0.3, -0.25) is 0 Å². The molecule has 0 N–H and O–H groups in total. The fourth-order valence-electron chi connectivity index (χ4n) is 4.22. The maximum Gasteiger partial charge on any atom is 0.270 e. The van der Waals surface area contributed by atoms with Crippen LogP contribution in [0.25, 0.3) is 16.7 Å². The summed E-state index contributed by atoms with van der Waals surface area (Å²) in [5, 5.41) is 30.3. The number of nitrogens with zero attached hydrogens (tertiary/aromatic N) is 16. The first-order chi connectivity index (χ1) is 23.1. The lowest BCUT2D eigenvalue weighted by molar-refractivity contribution is 0.443. The zero-order valence-corrected chi connectivity index (χ0v) is 22.6. The molecular weight excluding hydrogens is 650 g/mol. The molecule has 22 heteroatoms. The van der Waals surface area contributed by atoms with Gasteiger partial charge in [-0.25, -0.2) is 34.9 Å². The average Bonchev–Trinajstić information content (AvgIpc) is 3.76. The van der Waals surface area contributed by atoms with E-state index in [0.29, 0.717) is 0 Å². The van der Waals surface area contributed by atoms with Crippen molar-refractivity contribution in [2.45, 2.75) is 0 Å². The highest BCUT2D eigenvalue weighted by Crippen LogP contribution is 2.29. The van der Waals surface area contributed by atoms with Crippen LogP contribution in [0.1, 0.15) is 17.0 Å². The lowest BCUT2D eigenvalue weighted by Crippen LogP contribution is -2.31. The Morgan fingerprint density at radius 1 is 0.396 bits per heavy atom. The molecular formula is C26H2F6N16. The topological polar surface area (TPSA) is 236 Å². The van der Waals surface area contributed by atoms with Crippen molar-refractivity contribution in [1.29, 1.82) is 15.8 Å². The lowest BCUT2D eigenvalue weighted by atomic mass is 10.0. The number of hydrogen-bond acceptors (Lipinski definition) is 16. The summed E-state index contributed by atoms with van der Waals surface area (Å²) in [7, 11) is 0. The Labute approximate surface area is 257 Å². The number of rotatable bonds is 3. The van der Waals surface area contributed by atoms with Gasteiger partial charge in [-0.2, -0.15) is 72.0 Å². The molecule has 0 aromatic carbocycles. The van der Waals surface area contributed by atoms with Gasteiger partial charge in [0.1, 0.15) is 34.9 Å². The first-order valence-corrected chi connectivity index (χ1v) is 12.5. The van der Waals surface area contributed by atoms with E-state index in [1.165, 1.54) is 0 Å². The molecule has 0 fully saturated rings. The van der Waals surface area contributed by atoms with Crippen LogP contribution in [-0.4, -0.2) is 34.9 Å². The molecule has 4 aromatic heterocycles. The van der Waals surface area contributed by atoms with Crippen LogP contribution in [-0.2, 0) is 0 Å². The minimum Gasteiger partial charge on any atom is -0.246 e. The summed E-state index contributed by atoms with van der Waals surface area (Å²) in [4.78, 5) is 47.5. The van der Waals surface area contributed by atoms with Crippen molar-refractivity contribution >= 4 is 16.7 Å². The summed E-state index contributed by atoms with van der Waals surface area (Å²) in [6.45, 7) is 0. The number of hydrogen-bond donors (Lipinski definition) is 0. The van der Waals surface area contributed by atoms with Crippen molar-refractivity contribution in [2.24, 2.45) is 30.0 Å². The standard InChI is InChI=1S/C26H2F6N16/c27-12-13(28)38-22-21(37-12)43-18(44-22)7(3-33)6-1-10(8(4-34)19-45-23-24(46-19)40-15(30)14(29)39-23)36-11(2-6)9(5-35)20-47-25-26(48-20)42-17(32)16(31)41-25/h1-2H. The van der Waals surface area contributed by atoms with Gasteiger partial charge in [0.05, 0.1) is 11.4 Å². The summed E-state index contributed by atoms with van der Waals surface area (Å²) in [6.07, 6.45) is 0. The maximum absolute atomic E-state index is 13.7. The Morgan fingerprint density at radius 2 is 0.646 bits per heavy atom. The van der Waals surface area contributed by atoms with Crippen LogP contribution in [0.2, 0.25) is 0 Å². The molecule has 228 valence electrons. The maximum atomic E-state index is 13.7. The Morgan fingerprint density at radius 3 is 0.896 bits per heavy atom. The third kappa shape index (κ3) is 4.76. The molecule has 0 saturated carbocycles. The summed E-state index contributed by atoms with van der Waals surface area (Å²) in [5.74, 6) is -10.9. The van der Waals surface area contributed by atoms with Crippen LogP contribution >= 0.6 is 0 Å². The first kappa shape index (κ1) is 29.2. The third-order valence-corrected chi connectivity index (χ3v) is 6.24. The molecule has 7 rings (SSSR count). The predicted octanol–water partition coefficient (Wildman–Crippen LogP) is -1.28. The van der Waals surface area contributed by atoms with Crippen molar-refractivity contribution in [2.75, 3.05) is 0 Å². The van der Waals surface area contributed by atoms with Gasteiger partial charge >= 0.3 is 0 Å². The molecule has 0 unspecified atom stereocenters. The number of pyridine rings is 1. The van der Waals surface area contributed by atoms with Gasteiger partial charge in [-0.15, -0.1) is 0 Å². The second-order valence-electron chi connectivity index (χ2n) is 9.09. The van der Waals surface area contributed by atoms with Gasteiger partial charge in [0.2, 0.25) is 32.9 Å². The monoisotopic (exact) mass is 652 g/mol. The minimum absolute atomic E-state index is 0.178. The zero-order chi connectivity index (χ0) is 33.9. The highest BCUT2D eigenvalue weighted by Gasteiger charge is 2.24. The second kappa shape index (κ2) is 10.8. The highest BCUT2D eigenvalue weighted by atomic mass is 19.2. The van der Waals surface area contributed by atoms with Gasteiger partial charge in [0.15, 0.2) is 17.5 Å². The SMILES string of the molecule is N#CC(=C1N=c2nc(F)c(F)nc2=N1)c1cc(C(C#N)=C2N=c3nc(F)c(F)nc3=N2)nc(C(C#N)=C2N=c3nc(F)c(F)nc3=N2)c1. The molecule has 0 bridgehead atoms. The van der Waals surface area contributed by atoms with Crippen LogP contribution < -0.4 is 32.9 Å². The molecule has 0 radical (unpaired) electrons. The van der Waals surface area contributed by atoms with Crippen LogP contribution in [0.4, 0.5) is 26.3 Å². The third-order valence-electron chi connectivity index (χ3n) is 6.24. The highest BCUT2D eigenvalue weighted by molar-refractivity contribution is 5.87. The van der Waals surface area contributed by atoms with Crippen molar-refractivity contribution in [3.63, 3.8) is 0 Å². The minimum atomic E-state index is -1.59. The Bertz CT molecular complexity index is 2400. The Kier molecular flexibility index (Phi) is 6.58. The zero-order valence-electron chi connectivity index (χ0n) is 22.6.